The van der Waals surface area contributed by atoms with Gasteiger partial charge in [-0.05, 0) is 43.3 Å². The third kappa shape index (κ3) is 5.16. The van der Waals surface area contributed by atoms with Crippen molar-refractivity contribution in [1.29, 1.82) is 0 Å². The first-order valence-electron chi connectivity index (χ1n) is 9.01. The molecule has 0 aliphatic rings. The number of pyridine rings is 1. The topological polar surface area (TPSA) is 82.3 Å². The zero-order valence-electron chi connectivity index (χ0n) is 16.0. The van der Waals surface area contributed by atoms with Gasteiger partial charge in [0.2, 0.25) is 5.91 Å². The zero-order valence-corrected chi connectivity index (χ0v) is 17.6. The van der Waals surface area contributed by atoms with E-state index in [1.165, 1.54) is 17.5 Å². The Labute approximate surface area is 177 Å². The summed E-state index contributed by atoms with van der Waals surface area (Å²) in [7, 11) is 0. The molecule has 0 spiro atoms. The number of thioether (sulfide) groups is 1. The van der Waals surface area contributed by atoms with Crippen LogP contribution in [0.25, 0.3) is 10.4 Å². The van der Waals surface area contributed by atoms with E-state index in [2.05, 4.69) is 5.32 Å². The highest BCUT2D eigenvalue weighted by Gasteiger charge is 2.24. The van der Waals surface area contributed by atoms with Crippen molar-refractivity contribution in [3.8, 4) is 10.4 Å². The lowest BCUT2D eigenvalue weighted by Crippen LogP contribution is -2.30. The molecule has 0 bridgehead atoms. The van der Waals surface area contributed by atoms with Crippen molar-refractivity contribution in [3.05, 3.63) is 71.6 Å². The van der Waals surface area contributed by atoms with Crippen LogP contribution in [-0.2, 0) is 9.53 Å². The molecular weight excluding hydrogens is 408 g/mol. The van der Waals surface area contributed by atoms with Gasteiger partial charge in [-0.15, -0.1) is 11.3 Å². The lowest BCUT2D eigenvalue weighted by Gasteiger charge is -2.11. The van der Waals surface area contributed by atoms with Gasteiger partial charge in [-0.25, -0.2) is 4.79 Å². The highest BCUT2D eigenvalue weighted by atomic mass is 32.2. The van der Waals surface area contributed by atoms with Gasteiger partial charge in [-0.3, -0.25) is 4.79 Å². The van der Waals surface area contributed by atoms with Gasteiger partial charge in [0.15, 0.2) is 6.20 Å². The van der Waals surface area contributed by atoms with Gasteiger partial charge in [-0.2, -0.15) is 4.73 Å². The fourth-order valence-corrected chi connectivity index (χ4v) is 4.45. The van der Waals surface area contributed by atoms with Crippen molar-refractivity contribution in [2.75, 3.05) is 11.9 Å². The van der Waals surface area contributed by atoms with Crippen molar-refractivity contribution >= 4 is 40.0 Å². The number of carbonyl (C=O) groups excluding carboxylic acids is 2. The molecule has 150 valence electrons. The van der Waals surface area contributed by atoms with Gasteiger partial charge in [0, 0.05) is 17.0 Å². The molecule has 6 nitrogen and oxygen atoms in total. The molecule has 0 saturated carbocycles. The third-order valence-corrected chi connectivity index (χ3v) is 6.20. The SMILES string of the molecule is CCOC(=O)c1cc(-c2ccccc2)sc1NC(=O)C(C)Sc1cccc[n+]1[O-]. The Morgan fingerprint density at radius 2 is 1.93 bits per heavy atom. The summed E-state index contributed by atoms with van der Waals surface area (Å²) in [6.07, 6.45) is 1.39. The maximum absolute atomic E-state index is 12.7. The standard InChI is InChI=1S/C21H20N2O4S2/c1-3-27-21(25)16-13-17(15-9-5-4-6-10-15)29-20(16)22-19(24)14(2)28-18-11-7-8-12-23(18)26/h4-14H,3H2,1-2H3,(H,22,24). The maximum Gasteiger partial charge on any atom is 0.341 e. The number of thiophene rings is 1. The van der Waals surface area contributed by atoms with Gasteiger partial charge < -0.3 is 15.3 Å². The van der Waals surface area contributed by atoms with Crippen molar-refractivity contribution in [2.24, 2.45) is 0 Å². The fraction of sp³-hybridized carbons (Fsp3) is 0.190. The molecule has 0 aliphatic carbocycles. The van der Waals surface area contributed by atoms with Crippen LogP contribution >= 0.6 is 23.1 Å². The zero-order chi connectivity index (χ0) is 20.8. The molecule has 0 aliphatic heterocycles. The van der Waals surface area contributed by atoms with Crippen molar-refractivity contribution < 1.29 is 19.1 Å². The molecule has 3 aromatic rings. The van der Waals surface area contributed by atoms with Crippen LogP contribution in [0.4, 0.5) is 5.00 Å². The number of hydrogen-bond acceptors (Lipinski definition) is 6. The van der Waals surface area contributed by atoms with E-state index in [-0.39, 0.29) is 12.5 Å². The predicted molar refractivity (Wildman–Crippen MR) is 115 cm³/mol. The van der Waals surface area contributed by atoms with E-state index < -0.39 is 11.2 Å². The first-order valence-corrected chi connectivity index (χ1v) is 10.7. The normalized spacial score (nSPS) is 11.7. The van der Waals surface area contributed by atoms with E-state index in [4.69, 9.17) is 4.74 Å². The Hall–Kier alpha value is -2.84. The Bertz CT molecular complexity index is 1000. The minimum Gasteiger partial charge on any atom is -0.618 e. The number of nitrogens with one attached hydrogen (secondary N) is 1. The van der Waals surface area contributed by atoms with Crippen LogP contribution < -0.4 is 10.0 Å². The van der Waals surface area contributed by atoms with E-state index in [9.17, 15) is 14.8 Å². The van der Waals surface area contributed by atoms with Gasteiger partial charge in [0.05, 0.1) is 17.4 Å². The number of esters is 1. The summed E-state index contributed by atoms with van der Waals surface area (Å²) in [5.41, 5.74) is 1.27. The molecule has 1 N–H and O–H groups in total. The molecule has 0 radical (unpaired) electrons. The Balaban J connectivity index is 1.82. The number of amides is 1. The smallest absolute Gasteiger partial charge is 0.341 e. The van der Waals surface area contributed by atoms with Gasteiger partial charge in [0.25, 0.3) is 5.03 Å². The van der Waals surface area contributed by atoms with Crippen molar-refractivity contribution in [3.63, 3.8) is 0 Å². The largest absolute Gasteiger partial charge is 0.618 e. The lowest BCUT2D eigenvalue weighted by atomic mass is 10.1. The number of aromatic nitrogens is 1. The monoisotopic (exact) mass is 428 g/mol. The van der Waals surface area contributed by atoms with Crippen LogP contribution in [0.1, 0.15) is 24.2 Å². The highest BCUT2D eigenvalue weighted by Crippen LogP contribution is 2.36. The molecule has 2 aromatic heterocycles. The van der Waals surface area contributed by atoms with Crippen molar-refractivity contribution in [1.82, 2.24) is 0 Å². The van der Waals surface area contributed by atoms with E-state index >= 15 is 0 Å². The molecule has 2 heterocycles. The van der Waals surface area contributed by atoms with E-state index in [0.29, 0.717) is 15.6 Å². The minimum absolute atomic E-state index is 0.243. The van der Waals surface area contributed by atoms with Gasteiger partial charge >= 0.3 is 5.97 Å². The molecule has 1 unspecified atom stereocenters. The predicted octanol–water partition coefficient (Wildman–Crippen LogP) is 4.34. The highest BCUT2D eigenvalue weighted by molar-refractivity contribution is 8.00. The summed E-state index contributed by atoms with van der Waals surface area (Å²) in [6, 6.07) is 16.4. The molecule has 0 fully saturated rings. The van der Waals surface area contributed by atoms with Crippen LogP contribution in [-0.4, -0.2) is 23.7 Å². The average Bonchev–Trinajstić information content (AvgIpc) is 3.14. The molecule has 1 amide bonds. The maximum atomic E-state index is 12.7. The minimum atomic E-state index is -0.532. The van der Waals surface area contributed by atoms with Crippen LogP contribution in [0.5, 0.6) is 0 Å². The molecule has 8 heteroatoms. The second-order valence-electron chi connectivity index (χ2n) is 6.05. The molecule has 1 aromatic carbocycles. The second-order valence-corrected chi connectivity index (χ2v) is 8.47. The van der Waals surface area contributed by atoms with Gasteiger partial charge in [0.1, 0.15) is 5.00 Å². The number of nitrogens with zero attached hydrogens (tertiary/aromatic N) is 1. The quantitative estimate of drug-likeness (QED) is 0.262. The van der Waals surface area contributed by atoms with Crippen LogP contribution in [0.15, 0.2) is 65.8 Å². The van der Waals surface area contributed by atoms with Crippen LogP contribution in [0.2, 0.25) is 0 Å². The average molecular weight is 429 g/mol. The molecule has 1 atom stereocenters. The van der Waals surface area contributed by atoms with Gasteiger partial charge in [-0.1, -0.05) is 30.3 Å². The summed E-state index contributed by atoms with van der Waals surface area (Å²) in [5, 5.41) is 15.0. The third-order valence-electron chi connectivity index (χ3n) is 3.98. The number of anilines is 1. The summed E-state index contributed by atoms with van der Waals surface area (Å²) < 4.78 is 5.86. The Morgan fingerprint density at radius 1 is 1.21 bits per heavy atom. The van der Waals surface area contributed by atoms with E-state index in [1.54, 1.807) is 38.1 Å². The first-order chi connectivity index (χ1) is 14.0. The number of hydrogen-bond donors (Lipinski definition) is 1. The molecule has 0 saturated heterocycles. The lowest BCUT2D eigenvalue weighted by molar-refractivity contribution is -0.645. The Morgan fingerprint density at radius 3 is 2.62 bits per heavy atom. The molecular formula is C21H20N2O4S2. The second kappa shape index (κ2) is 9.58. The van der Waals surface area contributed by atoms with E-state index in [0.717, 1.165) is 26.9 Å². The van der Waals surface area contributed by atoms with Crippen LogP contribution in [0, 0.1) is 5.21 Å². The summed E-state index contributed by atoms with van der Waals surface area (Å²) >= 11 is 2.47. The van der Waals surface area contributed by atoms with Crippen LogP contribution in [0.3, 0.4) is 0 Å². The van der Waals surface area contributed by atoms with Crippen molar-refractivity contribution in [2.45, 2.75) is 24.1 Å². The summed E-state index contributed by atoms with van der Waals surface area (Å²) in [5.74, 6) is -0.784. The number of benzene rings is 1. The Kier molecular flexibility index (Phi) is 6.90. The fourth-order valence-electron chi connectivity index (χ4n) is 2.54. The summed E-state index contributed by atoms with van der Waals surface area (Å²) in [4.78, 5) is 25.9. The number of rotatable bonds is 7. The summed E-state index contributed by atoms with van der Waals surface area (Å²) in [6.45, 7) is 3.69. The van der Waals surface area contributed by atoms with E-state index in [1.807, 2.05) is 30.3 Å². The number of carbonyl (C=O) groups is 2. The molecule has 29 heavy (non-hydrogen) atoms. The number of ether oxygens (including phenoxy) is 1. The molecule has 3 rings (SSSR count). The first kappa shape index (κ1) is 20.9.